The Morgan fingerprint density at radius 3 is 2.44 bits per heavy atom. The Labute approximate surface area is 124 Å². The average Bonchev–Trinajstić information content (AvgIpc) is 2.36. The van der Waals surface area contributed by atoms with Gasteiger partial charge in [0.05, 0.1) is 21.6 Å². The number of benzene rings is 1. The van der Waals surface area contributed by atoms with E-state index in [4.69, 9.17) is 51.1 Å². The first kappa shape index (κ1) is 13.8. The van der Waals surface area contributed by atoms with E-state index >= 15 is 0 Å². The summed E-state index contributed by atoms with van der Waals surface area (Å²) in [7, 11) is 0. The van der Waals surface area contributed by atoms with Crippen LogP contribution >= 0.6 is 46.4 Å². The van der Waals surface area contributed by atoms with Crippen molar-refractivity contribution in [2.75, 3.05) is 0 Å². The van der Waals surface area contributed by atoms with Gasteiger partial charge in [-0.2, -0.15) is 0 Å². The van der Waals surface area contributed by atoms with E-state index in [1.54, 1.807) is 30.3 Å². The molecule has 1 heterocycles. The maximum Gasteiger partial charge on any atom is 0.219 e. The SMILES string of the molecule is ClCc1nc(Oc2cc(Cl)ccc2Cl)ccc1Cl. The van der Waals surface area contributed by atoms with Crippen LogP contribution in [0.3, 0.4) is 0 Å². The van der Waals surface area contributed by atoms with Gasteiger partial charge in [-0.05, 0) is 18.2 Å². The van der Waals surface area contributed by atoms with Crippen molar-refractivity contribution in [3.05, 3.63) is 51.1 Å². The molecule has 94 valence electrons. The molecule has 0 fully saturated rings. The molecular formula is C12H7Cl4NO. The van der Waals surface area contributed by atoms with E-state index in [9.17, 15) is 0 Å². The van der Waals surface area contributed by atoms with Crippen LogP contribution in [-0.2, 0) is 5.88 Å². The van der Waals surface area contributed by atoms with Crippen LogP contribution in [0, 0.1) is 0 Å². The van der Waals surface area contributed by atoms with Crippen molar-refractivity contribution < 1.29 is 4.74 Å². The van der Waals surface area contributed by atoms with Crippen LogP contribution in [0.1, 0.15) is 5.69 Å². The van der Waals surface area contributed by atoms with Crippen LogP contribution in [0.2, 0.25) is 15.1 Å². The highest BCUT2D eigenvalue weighted by atomic mass is 35.5. The topological polar surface area (TPSA) is 22.1 Å². The first-order valence-corrected chi connectivity index (χ1v) is 6.61. The van der Waals surface area contributed by atoms with E-state index in [-0.39, 0.29) is 5.88 Å². The zero-order chi connectivity index (χ0) is 13.1. The molecule has 0 saturated carbocycles. The molecule has 0 saturated heterocycles. The first-order chi connectivity index (χ1) is 8.60. The molecule has 0 radical (unpaired) electrons. The maximum absolute atomic E-state index is 5.99. The third-order valence-electron chi connectivity index (χ3n) is 2.13. The van der Waals surface area contributed by atoms with Gasteiger partial charge in [-0.25, -0.2) is 4.98 Å². The summed E-state index contributed by atoms with van der Waals surface area (Å²) in [6.07, 6.45) is 0. The van der Waals surface area contributed by atoms with Crippen LogP contribution in [-0.4, -0.2) is 4.98 Å². The number of alkyl halides is 1. The Kier molecular flexibility index (Phi) is 4.57. The summed E-state index contributed by atoms with van der Waals surface area (Å²) >= 11 is 23.5. The van der Waals surface area contributed by atoms with Crippen molar-refractivity contribution in [1.29, 1.82) is 0 Å². The first-order valence-electron chi connectivity index (χ1n) is 4.94. The summed E-state index contributed by atoms with van der Waals surface area (Å²) in [5, 5.41) is 1.47. The lowest BCUT2D eigenvalue weighted by Crippen LogP contribution is -1.93. The van der Waals surface area contributed by atoms with Gasteiger partial charge in [0.15, 0.2) is 0 Å². The van der Waals surface area contributed by atoms with Crippen LogP contribution in [0.25, 0.3) is 0 Å². The van der Waals surface area contributed by atoms with Gasteiger partial charge in [-0.15, -0.1) is 11.6 Å². The molecule has 0 amide bonds. The summed E-state index contributed by atoms with van der Waals surface area (Å²) in [5.41, 5.74) is 0.550. The molecule has 0 aliphatic heterocycles. The zero-order valence-corrected chi connectivity index (χ0v) is 12.0. The second-order valence-electron chi connectivity index (χ2n) is 3.39. The van der Waals surface area contributed by atoms with E-state index in [1.807, 2.05) is 0 Å². The van der Waals surface area contributed by atoms with Gasteiger partial charge >= 0.3 is 0 Å². The maximum atomic E-state index is 5.99. The largest absolute Gasteiger partial charge is 0.437 e. The minimum atomic E-state index is 0.208. The molecule has 1 aromatic heterocycles. The summed E-state index contributed by atoms with van der Waals surface area (Å²) in [4.78, 5) is 4.17. The molecule has 6 heteroatoms. The lowest BCUT2D eigenvalue weighted by molar-refractivity contribution is 0.462. The van der Waals surface area contributed by atoms with E-state index in [0.717, 1.165) is 0 Å². The van der Waals surface area contributed by atoms with Gasteiger partial charge in [-0.3, -0.25) is 0 Å². The standard InChI is InChI=1S/C12H7Cl4NO/c13-6-10-8(15)3-4-12(17-10)18-11-5-7(14)1-2-9(11)16/h1-5H,6H2. The summed E-state index contributed by atoms with van der Waals surface area (Å²) in [6.45, 7) is 0. The second kappa shape index (κ2) is 5.98. The van der Waals surface area contributed by atoms with Crippen molar-refractivity contribution in [3.63, 3.8) is 0 Å². The number of pyridine rings is 1. The molecule has 0 bridgehead atoms. The van der Waals surface area contributed by atoms with Crippen molar-refractivity contribution in [1.82, 2.24) is 4.98 Å². The van der Waals surface area contributed by atoms with Crippen molar-refractivity contribution in [2.45, 2.75) is 5.88 Å². The highest BCUT2D eigenvalue weighted by Crippen LogP contribution is 2.32. The molecule has 0 aliphatic carbocycles. The van der Waals surface area contributed by atoms with E-state index in [1.165, 1.54) is 0 Å². The smallest absolute Gasteiger partial charge is 0.219 e. The third kappa shape index (κ3) is 3.21. The monoisotopic (exact) mass is 321 g/mol. The lowest BCUT2D eigenvalue weighted by Gasteiger charge is -2.08. The fraction of sp³-hybridized carbons (Fsp3) is 0.0833. The molecule has 0 unspecified atom stereocenters. The molecular weight excluding hydrogens is 316 g/mol. The van der Waals surface area contributed by atoms with E-state index in [0.29, 0.717) is 32.4 Å². The molecule has 0 atom stereocenters. The van der Waals surface area contributed by atoms with E-state index in [2.05, 4.69) is 4.98 Å². The number of ether oxygens (including phenoxy) is 1. The quantitative estimate of drug-likeness (QED) is 0.689. The molecule has 18 heavy (non-hydrogen) atoms. The fourth-order valence-corrected chi connectivity index (χ4v) is 2.05. The van der Waals surface area contributed by atoms with Gasteiger partial charge in [0, 0.05) is 17.2 Å². The van der Waals surface area contributed by atoms with Gasteiger partial charge < -0.3 is 4.74 Å². The molecule has 2 nitrogen and oxygen atoms in total. The van der Waals surface area contributed by atoms with Gasteiger partial charge in [0.25, 0.3) is 0 Å². The van der Waals surface area contributed by atoms with Crippen molar-refractivity contribution in [2.24, 2.45) is 0 Å². The second-order valence-corrected chi connectivity index (χ2v) is 4.91. The molecule has 2 aromatic rings. The molecule has 0 aliphatic rings. The van der Waals surface area contributed by atoms with Crippen LogP contribution in [0.5, 0.6) is 11.6 Å². The third-order valence-corrected chi connectivity index (χ3v) is 3.27. The highest BCUT2D eigenvalue weighted by molar-refractivity contribution is 6.34. The minimum absolute atomic E-state index is 0.208. The fourth-order valence-electron chi connectivity index (χ4n) is 1.28. The van der Waals surface area contributed by atoms with Crippen molar-refractivity contribution in [3.8, 4) is 11.6 Å². The minimum Gasteiger partial charge on any atom is -0.437 e. The van der Waals surface area contributed by atoms with Gasteiger partial charge in [0.2, 0.25) is 5.88 Å². The summed E-state index contributed by atoms with van der Waals surface area (Å²) in [5.74, 6) is 0.998. The zero-order valence-electron chi connectivity index (χ0n) is 8.96. The number of aromatic nitrogens is 1. The van der Waals surface area contributed by atoms with Crippen LogP contribution < -0.4 is 4.74 Å². The van der Waals surface area contributed by atoms with Crippen LogP contribution in [0.4, 0.5) is 0 Å². The average molecular weight is 323 g/mol. The number of nitrogens with zero attached hydrogens (tertiary/aromatic N) is 1. The predicted molar refractivity (Wildman–Crippen MR) is 75.3 cm³/mol. The van der Waals surface area contributed by atoms with E-state index < -0.39 is 0 Å². The summed E-state index contributed by atoms with van der Waals surface area (Å²) in [6, 6.07) is 8.24. The normalized spacial score (nSPS) is 10.4. The Balaban J connectivity index is 2.31. The number of hydrogen-bond donors (Lipinski definition) is 0. The predicted octanol–water partition coefficient (Wildman–Crippen LogP) is 5.57. The number of rotatable bonds is 3. The Bertz CT molecular complexity index is 574. The van der Waals surface area contributed by atoms with Gasteiger partial charge in [0.1, 0.15) is 5.75 Å². The number of halogens is 4. The Morgan fingerprint density at radius 2 is 1.72 bits per heavy atom. The molecule has 1 aromatic carbocycles. The van der Waals surface area contributed by atoms with Gasteiger partial charge in [-0.1, -0.05) is 34.8 Å². The molecule has 0 N–H and O–H groups in total. The van der Waals surface area contributed by atoms with Crippen molar-refractivity contribution >= 4 is 46.4 Å². The highest BCUT2D eigenvalue weighted by Gasteiger charge is 2.08. The number of hydrogen-bond acceptors (Lipinski definition) is 2. The van der Waals surface area contributed by atoms with Crippen LogP contribution in [0.15, 0.2) is 30.3 Å². The molecule has 2 rings (SSSR count). The molecule has 0 spiro atoms. The summed E-state index contributed by atoms with van der Waals surface area (Å²) < 4.78 is 5.54. The lowest BCUT2D eigenvalue weighted by atomic mass is 10.3. The Hall–Kier alpha value is -0.670. The Morgan fingerprint density at radius 1 is 1.00 bits per heavy atom.